The van der Waals surface area contributed by atoms with Gasteiger partial charge >= 0.3 is 5.97 Å². The highest BCUT2D eigenvalue weighted by molar-refractivity contribution is 8.01. The average molecular weight is 401 g/mol. The number of aryl methyl sites for hydroxylation is 1. The standard InChI is InChI=1S/C20H20N2O3S2/c1-14-7-2-3-8-15(14)21-18(23)13-25-19(24)11-6-12-26-20-22-16-9-4-5-10-17(16)27-20/h2-5,7-10H,6,11-13H2,1H3,(H,21,23). The van der Waals surface area contributed by atoms with E-state index < -0.39 is 0 Å². The molecule has 1 N–H and O–H groups in total. The zero-order chi connectivity index (χ0) is 19.1. The van der Waals surface area contributed by atoms with E-state index in [-0.39, 0.29) is 24.9 Å². The monoisotopic (exact) mass is 400 g/mol. The van der Waals surface area contributed by atoms with Crippen molar-refractivity contribution in [1.82, 2.24) is 4.98 Å². The summed E-state index contributed by atoms with van der Waals surface area (Å²) in [5, 5.41) is 2.74. The zero-order valence-electron chi connectivity index (χ0n) is 14.9. The van der Waals surface area contributed by atoms with E-state index in [0.717, 1.165) is 26.9 Å². The van der Waals surface area contributed by atoms with E-state index in [1.807, 2.05) is 49.4 Å². The van der Waals surface area contributed by atoms with Gasteiger partial charge in [-0.05, 0) is 37.1 Å². The molecule has 2 aromatic carbocycles. The highest BCUT2D eigenvalue weighted by atomic mass is 32.2. The van der Waals surface area contributed by atoms with E-state index in [4.69, 9.17) is 4.74 Å². The van der Waals surface area contributed by atoms with Crippen LogP contribution >= 0.6 is 23.1 Å². The van der Waals surface area contributed by atoms with Crippen molar-refractivity contribution in [3.8, 4) is 0 Å². The molecule has 0 aliphatic rings. The molecular weight excluding hydrogens is 380 g/mol. The van der Waals surface area contributed by atoms with Crippen molar-refractivity contribution in [2.45, 2.75) is 24.1 Å². The molecule has 1 aromatic heterocycles. The van der Waals surface area contributed by atoms with Crippen LogP contribution in [0.3, 0.4) is 0 Å². The van der Waals surface area contributed by atoms with Crippen LogP contribution < -0.4 is 5.32 Å². The first-order valence-electron chi connectivity index (χ1n) is 8.61. The van der Waals surface area contributed by atoms with Gasteiger partial charge in [0.1, 0.15) is 0 Å². The molecule has 0 saturated carbocycles. The van der Waals surface area contributed by atoms with Gasteiger partial charge in [0.2, 0.25) is 0 Å². The van der Waals surface area contributed by atoms with Gasteiger partial charge in [-0.1, -0.05) is 42.1 Å². The quantitative estimate of drug-likeness (QED) is 0.338. The van der Waals surface area contributed by atoms with Gasteiger partial charge in [-0.2, -0.15) is 0 Å². The number of para-hydroxylation sites is 2. The second-order valence-electron chi connectivity index (χ2n) is 5.92. The lowest BCUT2D eigenvalue weighted by Crippen LogP contribution is -2.21. The molecule has 0 unspecified atom stereocenters. The normalized spacial score (nSPS) is 10.7. The van der Waals surface area contributed by atoms with Crippen molar-refractivity contribution in [1.29, 1.82) is 0 Å². The van der Waals surface area contributed by atoms with Gasteiger partial charge in [0, 0.05) is 17.9 Å². The fourth-order valence-corrected chi connectivity index (χ4v) is 4.48. The Labute approximate surface area is 166 Å². The molecule has 3 rings (SSSR count). The number of amides is 1. The third-order valence-corrected chi connectivity index (χ3v) is 6.07. The van der Waals surface area contributed by atoms with E-state index in [2.05, 4.69) is 16.4 Å². The fourth-order valence-electron chi connectivity index (χ4n) is 2.41. The second kappa shape index (κ2) is 9.53. The van der Waals surface area contributed by atoms with E-state index in [1.165, 1.54) is 4.70 Å². The first-order chi connectivity index (χ1) is 13.1. The molecule has 1 heterocycles. The zero-order valence-corrected chi connectivity index (χ0v) is 16.6. The summed E-state index contributed by atoms with van der Waals surface area (Å²) in [5.74, 6) is 0.0889. The number of hydrogen-bond acceptors (Lipinski definition) is 6. The number of fused-ring (bicyclic) bond motifs is 1. The minimum atomic E-state index is -0.361. The van der Waals surface area contributed by atoms with Gasteiger partial charge in [-0.3, -0.25) is 9.59 Å². The number of thioether (sulfide) groups is 1. The molecule has 0 radical (unpaired) electrons. The molecule has 0 spiro atoms. The Morgan fingerprint density at radius 2 is 1.93 bits per heavy atom. The smallest absolute Gasteiger partial charge is 0.306 e. The second-order valence-corrected chi connectivity index (χ2v) is 8.30. The Morgan fingerprint density at radius 1 is 1.15 bits per heavy atom. The van der Waals surface area contributed by atoms with Crippen LogP contribution in [0.4, 0.5) is 5.69 Å². The van der Waals surface area contributed by atoms with Crippen molar-refractivity contribution in [3.05, 3.63) is 54.1 Å². The molecule has 0 aliphatic carbocycles. The summed E-state index contributed by atoms with van der Waals surface area (Å²) in [7, 11) is 0. The largest absolute Gasteiger partial charge is 0.456 e. The summed E-state index contributed by atoms with van der Waals surface area (Å²) < 4.78 is 7.21. The van der Waals surface area contributed by atoms with Crippen LogP contribution in [0.5, 0.6) is 0 Å². The van der Waals surface area contributed by atoms with Crippen molar-refractivity contribution in [2.75, 3.05) is 17.7 Å². The summed E-state index contributed by atoms with van der Waals surface area (Å²) in [6.07, 6.45) is 0.967. The Morgan fingerprint density at radius 3 is 2.74 bits per heavy atom. The van der Waals surface area contributed by atoms with Crippen LogP contribution in [0.15, 0.2) is 52.9 Å². The van der Waals surface area contributed by atoms with Crippen LogP contribution in [-0.4, -0.2) is 29.2 Å². The minimum Gasteiger partial charge on any atom is -0.456 e. The number of aromatic nitrogens is 1. The van der Waals surface area contributed by atoms with Crippen LogP contribution in [-0.2, 0) is 14.3 Å². The molecule has 0 fully saturated rings. The highest BCUT2D eigenvalue weighted by Crippen LogP contribution is 2.29. The third-order valence-electron chi connectivity index (χ3n) is 3.81. The van der Waals surface area contributed by atoms with Gasteiger partial charge < -0.3 is 10.1 Å². The molecule has 3 aromatic rings. The van der Waals surface area contributed by atoms with Gasteiger partial charge in [0.25, 0.3) is 5.91 Å². The molecule has 0 atom stereocenters. The molecule has 0 bridgehead atoms. The first-order valence-corrected chi connectivity index (χ1v) is 10.4. The molecule has 0 aliphatic heterocycles. The number of carbonyl (C=O) groups excluding carboxylic acids is 2. The number of nitrogens with one attached hydrogen (secondary N) is 1. The van der Waals surface area contributed by atoms with Gasteiger partial charge in [0.15, 0.2) is 10.9 Å². The van der Waals surface area contributed by atoms with E-state index in [9.17, 15) is 9.59 Å². The van der Waals surface area contributed by atoms with Crippen LogP contribution in [0.2, 0.25) is 0 Å². The van der Waals surface area contributed by atoms with Crippen molar-refractivity contribution in [2.24, 2.45) is 0 Å². The summed E-state index contributed by atoms with van der Waals surface area (Å²) in [4.78, 5) is 28.2. The number of hydrogen-bond donors (Lipinski definition) is 1. The third kappa shape index (κ3) is 5.80. The van der Waals surface area contributed by atoms with Crippen LogP contribution in [0, 0.1) is 6.92 Å². The number of benzene rings is 2. The van der Waals surface area contributed by atoms with E-state index >= 15 is 0 Å². The molecule has 1 amide bonds. The fraction of sp³-hybridized carbons (Fsp3) is 0.250. The van der Waals surface area contributed by atoms with Gasteiger partial charge in [0.05, 0.1) is 10.2 Å². The average Bonchev–Trinajstić information content (AvgIpc) is 3.08. The lowest BCUT2D eigenvalue weighted by Gasteiger charge is -2.08. The molecule has 5 nitrogen and oxygen atoms in total. The Hall–Kier alpha value is -2.38. The number of esters is 1. The molecule has 140 valence electrons. The predicted octanol–water partition coefficient (Wildman–Crippen LogP) is 4.66. The minimum absolute atomic E-state index is 0.266. The van der Waals surface area contributed by atoms with Gasteiger partial charge in [-0.15, -0.1) is 11.3 Å². The number of thiazole rings is 1. The van der Waals surface area contributed by atoms with Crippen molar-refractivity contribution < 1.29 is 14.3 Å². The highest BCUT2D eigenvalue weighted by Gasteiger charge is 2.09. The van der Waals surface area contributed by atoms with Crippen molar-refractivity contribution in [3.63, 3.8) is 0 Å². The lowest BCUT2D eigenvalue weighted by molar-refractivity contribution is -0.147. The van der Waals surface area contributed by atoms with E-state index in [0.29, 0.717) is 6.42 Å². The Bertz CT molecular complexity index is 907. The van der Waals surface area contributed by atoms with Crippen LogP contribution in [0.25, 0.3) is 10.2 Å². The Balaban J connectivity index is 1.33. The number of rotatable bonds is 8. The SMILES string of the molecule is Cc1ccccc1NC(=O)COC(=O)CCCSc1nc2ccccc2s1. The maximum Gasteiger partial charge on any atom is 0.306 e. The molecule has 27 heavy (non-hydrogen) atoms. The maximum atomic E-state index is 11.9. The number of nitrogens with zero attached hydrogens (tertiary/aromatic N) is 1. The lowest BCUT2D eigenvalue weighted by atomic mass is 10.2. The first kappa shape index (κ1) is 19.4. The maximum absolute atomic E-state index is 11.9. The molecular formula is C20H20N2O3S2. The number of anilines is 1. The topological polar surface area (TPSA) is 68.3 Å². The van der Waals surface area contributed by atoms with Crippen molar-refractivity contribution >= 4 is 50.9 Å². The summed E-state index contributed by atoms with van der Waals surface area (Å²) >= 11 is 3.29. The molecule has 0 saturated heterocycles. The number of ether oxygens (including phenoxy) is 1. The summed E-state index contributed by atoms with van der Waals surface area (Å²) in [6, 6.07) is 15.5. The predicted molar refractivity (Wildman–Crippen MR) is 110 cm³/mol. The molecule has 7 heteroatoms. The Kier molecular flexibility index (Phi) is 6.84. The van der Waals surface area contributed by atoms with Gasteiger partial charge in [-0.25, -0.2) is 4.98 Å². The summed E-state index contributed by atoms with van der Waals surface area (Å²) in [5.41, 5.74) is 2.69. The van der Waals surface area contributed by atoms with Crippen LogP contribution in [0.1, 0.15) is 18.4 Å². The van der Waals surface area contributed by atoms with E-state index in [1.54, 1.807) is 23.1 Å². The number of carbonyl (C=O) groups is 2. The summed E-state index contributed by atoms with van der Waals surface area (Å²) in [6.45, 7) is 1.64.